The van der Waals surface area contributed by atoms with E-state index in [1.165, 1.54) is 24.3 Å². The first-order valence-electron chi connectivity index (χ1n) is 8.19. The van der Waals surface area contributed by atoms with Gasteiger partial charge in [-0.1, -0.05) is 0 Å². The van der Waals surface area contributed by atoms with Crippen LogP contribution in [0.25, 0.3) is 0 Å². The molecule has 0 radical (unpaired) electrons. The van der Waals surface area contributed by atoms with Crippen LogP contribution in [0.15, 0.2) is 42.7 Å². The molecule has 1 aromatic carbocycles. The van der Waals surface area contributed by atoms with Gasteiger partial charge >= 0.3 is 6.61 Å². The Bertz CT molecular complexity index is 707. The van der Waals surface area contributed by atoms with E-state index in [4.69, 9.17) is 0 Å². The molecule has 0 spiro atoms. The average molecular weight is 363 g/mol. The molecule has 2 heterocycles. The summed E-state index contributed by atoms with van der Waals surface area (Å²) in [4.78, 5) is 24.7. The Morgan fingerprint density at radius 3 is 2.38 bits per heavy atom. The molecule has 26 heavy (non-hydrogen) atoms. The Hall–Kier alpha value is -2.81. The topological polar surface area (TPSA) is 70.6 Å². The summed E-state index contributed by atoms with van der Waals surface area (Å²) in [7, 11) is 0. The standard InChI is InChI=1S/C17H19F2N5O2/c18-16(19)26-14-4-2-13(3-5-14)22-15(25)12-23-8-10-24(11-9-23)17-20-6-1-7-21-17/h1-7,16H,8-12H2,(H,22,25). The highest BCUT2D eigenvalue weighted by molar-refractivity contribution is 5.92. The van der Waals surface area contributed by atoms with E-state index in [0.29, 0.717) is 11.6 Å². The average Bonchev–Trinajstić information content (AvgIpc) is 2.64. The zero-order valence-electron chi connectivity index (χ0n) is 14.0. The van der Waals surface area contributed by atoms with Gasteiger partial charge in [-0.3, -0.25) is 9.69 Å². The number of piperazine rings is 1. The summed E-state index contributed by atoms with van der Waals surface area (Å²) < 4.78 is 28.5. The van der Waals surface area contributed by atoms with Gasteiger partial charge in [0.1, 0.15) is 5.75 Å². The first-order valence-corrected chi connectivity index (χ1v) is 8.19. The Labute approximate surface area is 149 Å². The number of nitrogens with one attached hydrogen (secondary N) is 1. The molecule has 1 saturated heterocycles. The molecule has 0 unspecified atom stereocenters. The van der Waals surface area contributed by atoms with Crippen LogP contribution in [-0.4, -0.2) is 60.1 Å². The first-order chi connectivity index (χ1) is 12.6. The molecule has 1 aliphatic rings. The van der Waals surface area contributed by atoms with Crippen molar-refractivity contribution in [3.63, 3.8) is 0 Å². The number of alkyl halides is 2. The van der Waals surface area contributed by atoms with Crippen LogP contribution >= 0.6 is 0 Å². The number of benzene rings is 1. The number of amides is 1. The number of hydrogen-bond donors (Lipinski definition) is 1. The van der Waals surface area contributed by atoms with Crippen molar-refractivity contribution < 1.29 is 18.3 Å². The SMILES string of the molecule is O=C(CN1CCN(c2ncccn2)CC1)Nc1ccc(OC(F)F)cc1. The van der Waals surface area contributed by atoms with Gasteiger partial charge in [0.25, 0.3) is 0 Å². The van der Waals surface area contributed by atoms with Crippen LogP contribution in [-0.2, 0) is 4.79 Å². The summed E-state index contributed by atoms with van der Waals surface area (Å²) >= 11 is 0. The second kappa shape index (κ2) is 8.52. The highest BCUT2D eigenvalue weighted by Gasteiger charge is 2.20. The van der Waals surface area contributed by atoms with Gasteiger partial charge < -0.3 is 15.0 Å². The molecule has 1 amide bonds. The fourth-order valence-corrected chi connectivity index (χ4v) is 2.68. The van der Waals surface area contributed by atoms with Crippen LogP contribution in [0.1, 0.15) is 0 Å². The zero-order chi connectivity index (χ0) is 18.4. The van der Waals surface area contributed by atoms with Gasteiger partial charge in [0.2, 0.25) is 11.9 Å². The molecular formula is C17H19F2N5O2. The number of rotatable bonds is 6. The maximum atomic E-state index is 12.2. The first kappa shape index (κ1) is 18.0. The predicted molar refractivity (Wildman–Crippen MR) is 92.4 cm³/mol. The lowest BCUT2D eigenvalue weighted by atomic mass is 10.3. The van der Waals surface area contributed by atoms with Crippen LogP contribution < -0.4 is 15.0 Å². The van der Waals surface area contributed by atoms with E-state index in [1.807, 2.05) is 4.90 Å². The molecule has 0 atom stereocenters. The number of carbonyl (C=O) groups is 1. The maximum Gasteiger partial charge on any atom is 0.387 e. The molecule has 0 bridgehead atoms. The molecular weight excluding hydrogens is 344 g/mol. The number of nitrogens with zero attached hydrogens (tertiary/aromatic N) is 4. The molecule has 0 aliphatic carbocycles. The molecule has 1 aliphatic heterocycles. The Kier molecular flexibility index (Phi) is 5.90. The van der Waals surface area contributed by atoms with E-state index in [0.717, 1.165) is 26.2 Å². The molecule has 138 valence electrons. The van der Waals surface area contributed by atoms with Crippen molar-refractivity contribution in [2.75, 3.05) is 42.9 Å². The zero-order valence-corrected chi connectivity index (χ0v) is 14.0. The summed E-state index contributed by atoms with van der Waals surface area (Å²) in [5, 5.41) is 2.75. The summed E-state index contributed by atoms with van der Waals surface area (Å²) in [5.41, 5.74) is 0.535. The summed E-state index contributed by atoms with van der Waals surface area (Å²) in [6.45, 7) is 0.349. The van der Waals surface area contributed by atoms with E-state index in [1.54, 1.807) is 18.5 Å². The van der Waals surface area contributed by atoms with Gasteiger partial charge in [0.05, 0.1) is 6.54 Å². The van der Waals surface area contributed by atoms with Gasteiger partial charge in [0.15, 0.2) is 0 Å². The van der Waals surface area contributed by atoms with Gasteiger partial charge in [0, 0.05) is 44.3 Å². The van der Waals surface area contributed by atoms with E-state index in [-0.39, 0.29) is 18.2 Å². The molecule has 7 nitrogen and oxygen atoms in total. The Morgan fingerprint density at radius 2 is 1.77 bits per heavy atom. The predicted octanol–water partition coefficient (Wildman–Crippen LogP) is 1.84. The van der Waals surface area contributed by atoms with Crippen molar-refractivity contribution in [1.82, 2.24) is 14.9 Å². The molecule has 2 aromatic rings. The quantitative estimate of drug-likeness (QED) is 0.845. The highest BCUT2D eigenvalue weighted by atomic mass is 19.3. The molecule has 1 aromatic heterocycles. The third-order valence-corrected chi connectivity index (χ3v) is 3.94. The third-order valence-electron chi connectivity index (χ3n) is 3.94. The minimum Gasteiger partial charge on any atom is -0.435 e. The fraction of sp³-hybridized carbons (Fsp3) is 0.353. The lowest BCUT2D eigenvalue weighted by Crippen LogP contribution is -2.49. The number of anilines is 2. The summed E-state index contributed by atoms with van der Waals surface area (Å²) in [5.74, 6) is 0.594. The van der Waals surface area contributed by atoms with Crippen molar-refractivity contribution >= 4 is 17.5 Å². The smallest absolute Gasteiger partial charge is 0.387 e. The monoisotopic (exact) mass is 363 g/mol. The van der Waals surface area contributed by atoms with Gasteiger partial charge in [-0.05, 0) is 30.3 Å². The van der Waals surface area contributed by atoms with E-state index in [2.05, 4.69) is 24.9 Å². The fourth-order valence-electron chi connectivity index (χ4n) is 2.68. The molecule has 9 heteroatoms. The van der Waals surface area contributed by atoms with E-state index < -0.39 is 6.61 Å². The number of ether oxygens (including phenoxy) is 1. The largest absolute Gasteiger partial charge is 0.435 e. The third kappa shape index (κ3) is 5.09. The molecule has 3 rings (SSSR count). The highest BCUT2D eigenvalue weighted by Crippen LogP contribution is 2.17. The lowest BCUT2D eigenvalue weighted by molar-refractivity contribution is -0.117. The van der Waals surface area contributed by atoms with Gasteiger partial charge in [-0.2, -0.15) is 8.78 Å². The number of hydrogen-bond acceptors (Lipinski definition) is 6. The normalized spacial score (nSPS) is 15.1. The van der Waals surface area contributed by atoms with Crippen LogP contribution in [0.5, 0.6) is 5.75 Å². The van der Waals surface area contributed by atoms with Gasteiger partial charge in [-0.25, -0.2) is 9.97 Å². The van der Waals surface area contributed by atoms with Crippen molar-refractivity contribution in [2.24, 2.45) is 0 Å². The second-order valence-electron chi connectivity index (χ2n) is 5.76. The summed E-state index contributed by atoms with van der Waals surface area (Å²) in [6.07, 6.45) is 3.42. The Balaban J connectivity index is 1.44. The molecule has 1 N–H and O–H groups in total. The van der Waals surface area contributed by atoms with E-state index >= 15 is 0 Å². The maximum absolute atomic E-state index is 12.2. The van der Waals surface area contributed by atoms with Crippen molar-refractivity contribution in [3.05, 3.63) is 42.7 Å². The van der Waals surface area contributed by atoms with Crippen LogP contribution in [0.3, 0.4) is 0 Å². The van der Waals surface area contributed by atoms with Crippen LogP contribution in [0.2, 0.25) is 0 Å². The number of aromatic nitrogens is 2. The van der Waals surface area contributed by atoms with Crippen molar-refractivity contribution in [2.45, 2.75) is 6.61 Å². The lowest BCUT2D eigenvalue weighted by Gasteiger charge is -2.34. The van der Waals surface area contributed by atoms with E-state index in [9.17, 15) is 13.6 Å². The van der Waals surface area contributed by atoms with Crippen molar-refractivity contribution in [1.29, 1.82) is 0 Å². The molecule has 0 saturated carbocycles. The number of halogens is 2. The second-order valence-corrected chi connectivity index (χ2v) is 5.76. The number of carbonyl (C=O) groups excluding carboxylic acids is 1. The minimum atomic E-state index is -2.87. The van der Waals surface area contributed by atoms with Gasteiger partial charge in [-0.15, -0.1) is 0 Å². The Morgan fingerprint density at radius 1 is 1.12 bits per heavy atom. The van der Waals surface area contributed by atoms with Crippen LogP contribution in [0.4, 0.5) is 20.4 Å². The summed E-state index contributed by atoms with van der Waals surface area (Å²) in [6, 6.07) is 7.61. The van der Waals surface area contributed by atoms with Crippen LogP contribution in [0, 0.1) is 0 Å². The molecule has 1 fully saturated rings. The van der Waals surface area contributed by atoms with Crippen molar-refractivity contribution in [3.8, 4) is 5.75 Å². The minimum absolute atomic E-state index is 0.0530.